The molecule has 2 aromatic heterocycles. The Morgan fingerprint density at radius 2 is 1.83 bits per heavy atom. The van der Waals surface area contributed by atoms with Gasteiger partial charge in [-0.15, -0.1) is 11.8 Å². The van der Waals surface area contributed by atoms with Crippen molar-refractivity contribution < 1.29 is 4.79 Å². The van der Waals surface area contributed by atoms with Gasteiger partial charge in [-0.3, -0.25) is 14.7 Å². The number of hydrogen-bond donors (Lipinski definition) is 0. The molecule has 1 amide bonds. The van der Waals surface area contributed by atoms with Crippen LogP contribution in [0.4, 0.5) is 5.13 Å². The molecule has 2 aromatic carbocycles. The summed E-state index contributed by atoms with van der Waals surface area (Å²) in [5.41, 5.74) is 5.21. The number of nitrogens with zero attached hydrogens (tertiary/aromatic N) is 3. The second-order valence-electron chi connectivity index (χ2n) is 7.23. The Labute approximate surface area is 185 Å². The molecular formula is C24H23N3OS2. The summed E-state index contributed by atoms with van der Waals surface area (Å²) in [4.78, 5) is 25.5. The molecule has 30 heavy (non-hydrogen) atoms. The molecule has 4 aromatic rings. The minimum absolute atomic E-state index is 0.0186. The highest BCUT2D eigenvalue weighted by atomic mass is 32.2. The first kappa shape index (κ1) is 20.6. The number of aromatic nitrogens is 2. The van der Waals surface area contributed by atoms with Crippen molar-refractivity contribution in [1.82, 2.24) is 9.97 Å². The lowest BCUT2D eigenvalue weighted by molar-refractivity contribution is -0.118. The minimum Gasteiger partial charge on any atom is -0.282 e. The van der Waals surface area contributed by atoms with Crippen LogP contribution in [-0.2, 0) is 17.8 Å². The number of amides is 1. The van der Waals surface area contributed by atoms with E-state index in [0.717, 1.165) is 21.5 Å². The molecule has 0 radical (unpaired) electrons. The van der Waals surface area contributed by atoms with Crippen molar-refractivity contribution in [3.05, 3.63) is 83.2 Å². The Morgan fingerprint density at radius 1 is 1.07 bits per heavy atom. The third-order valence-electron chi connectivity index (χ3n) is 5.09. The number of thiazole rings is 1. The molecule has 0 saturated carbocycles. The van der Waals surface area contributed by atoms with Crippen LogP contribution < -0.4 is 4.90 Å². The second-order valence-corrected chi connectivity index (χ2v) is 9.12. The predicted molar refractivity (Wildman–Crippen MR) is 126 cm³/mol. The number of benzene rings is 2. The van der Waals surface area contributed by atoms with Crippen LogP contribution in [0.25, 0.3) is 10.2 Å². The van der Waals surface area contributed by atoms with E-state index in [1.807, 2.05) is 36.6 Å². The Morgan fingerprint density at radius 3 is 2.53 bits per heavy atom. The van der Waals surface area contributed by atoms with Crippen molar-refractivity contribution in [2.24, 2.45) is 0 Å². The summed E-state index contributed by atoms with van der Waals surface area (Å²) in [6, 6.07) is 18.2. The van der Waals surface area contributed by atoms with Crippen LogP contribution in [0.2, 0.25) is 0 Å². The lowest BCUT2D eigenvalue weighted by Crippen LogP contribution is -2.32. The fourth-order valence-electron chi connectivity index (χ4n) is 3.21. The van der Waals surface area contributed by atoms with Crippen LogP contribution in [0.15, 0.2) is 65.7 Å². The molecule has 0 bridgehead atoms. The minimum atomic E-state index is 0.0186. The molecule has 0 aliphatic heterocycles. The number of rotatable bonds is 6. The second kappa shape index (κ2) is 8.98. The van der Waals surface area contributed by atoms with E-state index in [4.69, 9.17) is 4.98 Å². The third-order valence-corrected chi connectivity index (χ3v) is 6.87. The summed E-state index contributed by atoms with van der Waals surface area (Å²) >= 11 is 3.25. The van der Waals surface area contributed by atoms with Crippen molar-refractivity contribution in [2.45, 2.75) is 31.7 Å². The first-order chi connectivity index (χ1) is 14.5. The van der Waals surface area contributed by atoms with Crippen LogP contribution >= 0.6 is 23.1 Å². The summed E-state index contributed by atoms with van der Waals surface area (Å²) in [5.74, 6) is 0.0186. The van der Waals surface area contributed by atoms with Gasteiger partial charge < -0.3 is 0 Å². The van der Waals surface area contributed by atoms with Gasteiger partial charge in [0, 0.05) is 11.1 Å². The topological polar surface area (TPSA) is 46.1 Å². The van der Waals surface area contributed by atoms with E-state index in [2.05, 4.69) is 43.1 Å². The van der Waals surface area contributed by atoms with Crippen molar-refractivity contribution in [2.75, 3.05) is 11.2 Å². The quantitative estimate of drug-likeness (QED) is 0.360. The van der Waals surface area contributed by atoms with Gasteiger partial charge in [-0.1, -0.05) is 29.5 Å². The average Bonchev–Trinajstić information content (AvgIpc) is 3.15. The first-order valence-electron chi connectivity index (χ1n) is 9.74. The van der Waals surface area contributed by atoms with E-state index in [-0.39, 0.29) is 5.91 Å². The molecule has 0 fully saturated rings. The maximum Gasteiger partial charge on any atom is 0.233 e. The lowest BCUT2D eigenvalue weighted by atomic mass is 10.1. The molecule has 152 valence electrons. The summed E-state index contributed by atoms with van der Waals surface area (Å²) in [6.45, 7) is 4.59. The van der Waals surface area contributed by atoms with Crippen LogP contribution in [-0.4, -0.2) is 22.1 Å². The van der Waals surface area contributed by atoms with Crippen LogP contribution in [0.3, 0.4) is 0 Å². The molecule has 0 spiro atoms. The van der Waals surface area contributed by atoms with E-state index in [1.54, 1.807) is 34.2 Å². The predicted octanol–water partition coefficient (Wildman–Crippen LogP) is 5.81. The van der Waals surface area contributed by atoms with Gasteiger partial charge in [-0.05, 0) is 73.2 Å². The summed E-state index contributed by atoms with van der Waals surface area (Å²) in [6.07, 6.45) is 4.13. The van der Waals surface area contributed by atoms with Gasteiger partial charge in [0.1, 0.15) is 0 Å². The zero-order chi connectivity index (χ0) is 21.1. The van der Waals surface area contributed by atoms with Crippen molar-refractivity contribution >= 4 is 44.4 Å². The molecule has 4 nitrogen and oxygen atoms in total. The maximum absolute atomic E-state index is 13.3. The Bertz CT molecular complexity index is 1130. The fourth-order valence-corrected chi connectivity index (χ4v) is 4.68. The molecule has 0 aliphatic carbocycles. The molecule has 0 atom stereocenters. The van der Waals surface area contributed by atoms with Gasteiger partial charge >= 0.3 is 0 Å². The number of aryl methyl sites for hydroxylation is 2. The Kier molecular flexibility index (Phi) is 6.16. The van der Waals surface area contributed by atoms with E-state index in [9.17, 15) is 4.79 Å². The highest BCUT2D eigenvalue weighted by molar-refractivity contribution is 7.98. The number of fused-ring (bicyclic) bond motifs is 1. The highest BCUT2D eigenvalue weighted by Crippen LogP contribution is 2.32. The maximum atomic E-state index is 13.3. The highest BCUT2D eigenvalue weighted by Gasteiger charge is 2.21. The normalized spacial score (nSPS) is 11.0. The Hall–Kier alpha value is -2.70. The number of thioether (sulfide) groups is 1. The Balaban J connectivity index is 1.67. The monoisotopic (exact) mass is 433 g/mol. The molecule has 2 heterocycles. The van der Waals surface area contributed by atoms with Crippen molar-refractivity contribution in [1.29, 1.82) is 0 Å². The zero-order valence-electron chi connectivity index (χ0n) is 17.3. The molecule has 0 aliphatic rings. The number of hydrogen-bond acceptors (Lipinski definition) is 5. The van der Waals surface area contributed by atoms with Crippen molar-refractivity contribution in [3.63, 3.8) is 0 Å². The SMILES string of the molecule is CSc1ccc(CC(=O)N(Cc2ccccn2)c2nc3cc(C)c(C)cc3s2)cc1. The molecule has 6 heteroatoms. The average molecular weight is 434 g/mol. The van der Waals surface area contributed by atoms with E-state index in [1.165, 1.54) is 16.0 Å². The molecule has 0 unspecified atom stereocenters. The van der Waals surface area contributed by atoms with Gasteiger partial charge in [0.15, 0.2) is 5.13 Å². The van der Waals surface area contributed by atoms with Crippen molar-refractivity contribution in [3.8, 4) is 0 Å². The lowest BCUT2D eigenvalue weighted by Gasteiger charge is -2.19. The fraction of sp³-hybridized carbons (Fsp3) is 0.208. The van der Waals surface area contributed by atoms with Gasteiger partial charge in [0.2, 0.25) is 5.91 Å². The number of pyridine rings is 1. The molecular weight excluding hydrogens is 410 g/mol. The first-order valence-corrected chi connectivity index (χ1v) is 11.8. The summed E-state index contributed by atoms with van der Waals surface area (Å²) < 4.78 is 1.09. The van der Waals surface area contributed by atoms with E-state index < -0.39 is 0 Å². The molecule has 0 N–H and O–H groups in total. The van der Waals surface area contributed by atoms with Gasteiger partial charge in [0.05, 0.1) is 28.9 Å². The van der Waals surface area contributed by atoms with Crippen LogP contribution in [0.5, 0.6) is 0 Å². The molecule has 4 rings (SSSR count). The zero-order valence-corrected chi connectivity index (χ0v) is 18.9. The largest absolute Gasteiger partial charge is 0.282 e. The number of carbonyl (C=O) groups is 1. The summed E-state index contributed by atoms with van der Waals surface area (Å²) in [5, 5.41) is 0.714. The smallest absolute Gasteiger partial charge is 0.233 e. The third kappa shape index (κ3) is 4.55. The summed E-state index contributed by atoms with van der Waals surface area (Å²) in [7, 11) is 0. The van der Waals surface area contributed by atoms with Gasteiger partial charge in [0.25, 0.3) is 0 Å². The van der Waals surface area contributed by atoms with Crippen LogP contribution in [0, 0.1) is 13.8 Å². The standard InChI is InChI=1S/C24H23N3OS2/c1-16-12-21-22(13-17(16)2)30-24(26-21)27(15-19-6-4-5-11-25-19)23(28)14-18-7-9-20(29-3)10-8-18/h4-13H,14-15H2,1-3H3. The van der Waals surface area contributed by atoms with E-state index in [0.29, 0.717) is 18.1 Å². The van der Waals surface area contributed by atoms with E-state index >= 15 is 0 Å². The molecule has 0 saturated heterocycles. The number of anilines is 1. The number of carbonyl (C=O) groups excluding carboxylic acids is 1. The van der Waals surface area contributed by atoms with Gasteiger partial charge in [-0.2, -0.15) is 0 Å². The van der Waals surface area contributed by atoms with Gasteiger partial charge in [-0.25, -0.2) is 4.98 Å². The van der Waals surface area contributed by atoms with Crippen LogP contribution in [0.1, 0.15) is 22.4 Å².